The summed E-state index contributed by atoms with van der Waals surface area (Å²) in [6.07, 6.45) is 0. The number of benzene rings is 1. The number of halogens is 1. The summed E-state index contributed by atoms with van der Waals surface area (Å²) >= 11 is 3.38. The third-order valence-corrected chi connectivity index (χ3v) is 2.74. The van der Waals surface area contributed by atoms with Crippen LogP contribution < -0.4 is 0 Å². The molecule has 1 unspecified atom stereocenters. The maximum atomic E-state index is 11.7. The Kier molecular flexibility index (Phi) is 4.51. The number of amides is 1. The molecule has 0 aromatic heterocycles. The summed E-state index contributed by atoms with van der Waals surface area (Å²) in [4.78, 5) is 13.2. The zero-order chi connectivity index (χ0) is 12.1. The molecule has 0 aliphatic carbocycles. The standard InChI is InChI=1S/C12H13BrN2O/c1-9(7-14)12(16)15(2)8-10-4-3-5-11(13)6-10/h3-6,9H,8H2,1-2H3. The van der Waals surface area contributed by atoms with Crippen LogP contribution in [-0.2, 0) is 11.3 Å². The van der Waals surface area contributed by atoms with Gasteiger partial charge in [0, 0.05) is 18.1 Å². The van der Waals surface area contributed by atoms with Gasteiger partial charge in [0.25, 0.3) is 0 Å². The quantitative estimate of drug-likeness (QED) is 0.854. The molecule has 1 aromatic rings. The third kappa shape index (κ3) is 3.35. The van der Waals surface area contributed by atoms with Gasteiger partial charge in [-0.1, -0.05) is 28.1 Å². The van der Waals surface area contributed by atoms with Gasteiger partial charge in [0.2, 0.25) is 5.91 Å². The van der Waals surface area contributed by atoms with Crippen LogP contribution in [0, 0.1) is 17.2 Å². The fourth-order valence-electron chi connectivity index (χ4n) is 1.37. The van der Waals surface area contributed by atoms with E-state index in [0.29, 0.717) is 6.54 Å². The van der Waals surface area contributed by atoms with Crippen LogP contribution in [0.5, 0.6) is 0 Å². The molecule has 0 heterocycles. The molecule has 0 aliphatic heterocycles. The molecule has 0 saturated heterocycles. The Morgan fingerprint density at radius 1 is 1.62 bits per heavy atom. The average molecular weight is 281 g/mol. The molecule has 0 spiro atoms. The molecule has 0 N–H and O–H groups in total. The van der Waals surface area contributed by atoms with E-state index in [1.807, 2.05) is 30.3 Å². The summed E-state index contributed by atoms with van der Waals surface area (Å²) in [5.74, 6) is -0.736. The Balaban J connectivity index is 2.68. The molecule has 3 nitrogen and oxygen atoms in total. The van der Waals surface area contributed by atoms with Crippen LogP contribution in [-0.4, -0.2) is 17.9 Å². The second-order valence-electron chi connectivity index (χ2n) is 3.68. The average Bonchev–Trinajstić information content (AvgIpc) is 2.27. The molecule has 1 atom stereocenters. The van der Waals surface area contributed by atoms with Gasteiger partial charge in [-0.05, 0) is 24.6 Å². The summed E-state index contributed by atoms with van der Waals surface area (Å²) in [6.45, 7) is 2.13. The molecule has 0 radical (unpaired) electrons. The van der Waals surface area contributed by atoms with Crippen molar-refractivity contribution in [2.75, 3.05) is 7.05 Å². The predicted octanol–water partition coefficient (Wildman–Crippen LogP) is 2.57. The van der Waals surface area contributed by atoms with Crippen LogP contribution >= 0.6 is 15.9 Å². The van der Waals surface area contributed by atoms with Crippen molar-refractivity contribution in [2.45, 2.75) is 13.5 Å². The zero-order valence-corrected chi connectivity index (χ0v) is 10.9. The van der Waals surface area contributed by atoms with Crippen molar-refractivity contribution >= 4 is 21.8 Å². The summed E-state index contributed by atoms with van der Waals surface area (Å²) in [6, 6.07) is 9.71. The summed E-state index contributed by atoms with van der Waals surface area (Å²) in [5.41, 5.74) is 1.04. The smallest absolute Gasteiger partial charge is 0.239 e. The molecule has 1 amide bonds. The largest absolute Gasteiger partial charge is 0.340 e. The van der Waals surface area contributed by atoms with E-state index in [1.54, 1.807) is 18.9 Å². The predicted molar refractivity (Wildman–Crippen MR) is 65.4 cm³/mol. The number of nitriles is 1. The lowest BCUT2D eigenvalue weighted by molar-refractivity contribution is -0.132. The van der Waals surface area contributed by atoms with E-state index in [-0.39, 0.29) is 5.91 Å². The van der Waals surface area contributed by atoms with Gasteiger partial charge in [-0.15, -0.1) is 0 Å². The van der Waals surface area contributed by atoms with E-state index >= 15 is 0 Å². The summed E-state index contributed by atoms with van der Waals surface area (Å²) < 4.78 is 0.985. The lowest BCUT2D eigenvalue weighted by Crippen LogP contribution is -2.30. The highest BCUT2D eigenvalue weighted by Gasteiger charge is 2.16. The highest BCUT2D eigenvalue weighted by molar-refractivity contribution is 9.10. The van der Waals surface area contributed by atoms with Gasteiger partial charge in [0.1, 0.15) is 5.92 Å². The Bertz CT molecular complexity index is 425. The number of rotatable bonds is 3. The third-order valence-electron chi connectivity index (χ3n) is 2.25. The Labute approximate surface area is 104 Å². The van der Waals surface area contributed by atoms with Crippen molar-refractivity contribution in [3.63, 3.8) is 0 Å². The number of hydrogen-bond donors (Lipinski definition) is 0. The lowest BCUT2D eigenvalue weighted by Gasteiger charge is -2.18. The minimum atomic E-state index is -0.586. The SMILES string of the molecule is CC(C#N)C(=O)N(C)Cc1cccc(Br)c1. The first-order chi connectivity index (χ1) is 7.54. The van der Waals surface area contributed by atoms with Gasteiger partial charge in [0.15, 0.2) is 0 Å². The molecule has 0 bridgehead atoms. The number of carbonyl (C=O) groups excluding carboxylic acids is 1. The van der Waals surface area contributed by atoms with Gasteiger partial charge >= 0.3 is 0 Å². The fourth-order valence-corrected chi connectivity index (χ4v) is 1.82. The van der Waals surface area contributed by atoms with Crippen molar-refractivity contribution in [3.8, 4) is 6.07 Å². The van der Waals surface area contributed by atoms with Crippen molar-refractivity contribution in [3.05, 3.63) is 34.3 Å². The molecule has 0 saturated carbocycles. The van der Waals surface area contributed by atoms with Gasteiger partial charge in [-0.2, -0.15) is 5.26 Å². The molecule has 4 heteroatoms. The maximum Gasteiger partial charge on any atom is 0.239 e. The summed E-state index contributed by atoms with van der Waals surface area (Å²) in [7, 11) is 1.71. The normalized spacial score (nSPS) is 11.6. The second kappa shape index (κ2) is 5.66. The van der Waals surface area contributed by atoms with Crippen molar-refractivity contribution < 1.29 is 4.79 Å². The van der Waals surface area contributed by atoms with E-state index < -0.39 is 5.92 Å². The van der Waals surface area contributed by atoms with Crippen LogP contribution in [0.25, 0.3) is 0 Å². The van der Waals surface area contributed by atoms with Crippen LogP contribution in [0.4, 0.5) is 0 Å². The molecular weight excluding hydrogens is 268 g/mol. The van der Waals surface area contributed by atoms with Crippen molar-refractivity contribution in [1.82, 2.24) is 4.90 Å². The maximum absolute atomic E-state index is 11.7. The Morgan fingerprint density at radius 2 is 2.31 bits per heavy atom. The van der Waals surface area contributed by atoms with Gasteiger partial charge in [0.05, 0.1) is 6.07 Å². The number of nitrogens with zero attached hydrogens (tertiary/aromatic N) is 2. The van der Waals surface area contributed by atoms with Gasteiger partial charge < -0.3 is 4.90 Å². The molecule has 84 valence electrons. The minimum absolute atomic E-state index is 0.150. The van der Waals surface area contributed by atoms with Crippen LogP contribution in [0.3, 0.4) is 0 Å². The zero-order valence-electron chi connectivity index (χ0n) is 9.27. The lowest BCUT2D eigenvalue weighted by atomic mass is 10.1. The second-order valence-corrected chi connectivity index (χ2v) is 4.59. The topological polar surface area (TPSA) is 44.1 Å². The Morgan fingerprint density at radius 3 is 2.88 bits per heavy atom. The molecule has 16 heavy (non-hydrogen) atoms. The molecule has 0 aliphatic rings. The van der Waals surface area contributed by atoms with Crippen molar-refractivity contribution in [1.29, 1.82) is 5.26 Å². The van der Waals surface area contributed by atoms with Crippen molar-refractivity contribution in [2.24, 2.45) is 5.92 Å². The van der Waals surface area contributed by atoms with Gasteiger partial charge in [-0.3, -0.25) is 4.79 Å². The number of carbonyl (C=O) groups is 1. The van der Waals surface area contributed by atoms with E-state index in [0.717, 1.165) is 10.0 Å². The van der Waals surface area contributed by atoms with Crippen LogP contribution in [0.15, 0.2) is 28.7 Å². The number of hydrogen-bond acceptors (Lipinski definition) is 2. The minimum Gasteiger partial charge on any atom is -0.340 e. The van der Waals surface area contributed by atoms with Crippen LogP contribution in [0.1, 0.15) is 12.5 Å². The first-order valence-electron chi connectivity index (χ1n) is 4.93. The van der Waals surface area contributed by atoms with E-state index in [2.05, 4.69) is 15.9 Å². The first kappa shape index (κ1) is 12.7. The van der Waals surface area contributed by atoms with Crippen LogP contribution in [0.2, 0.25) is 0 Å². The fraction of sp³-hybridized carbons (Fsp3) is 0.333. The molecule has 1 aromatic carbocycles. The van der Waals surface area contributed by atoms with E-state index in [9.17, 15) is 4.79 Å². The molecule has 1 rings (SSSR count). The highest BCUT2D eigenvalue weighted by atomic mass is 79.9. The monoisotopic (exact) mass is 280 g/mol. The van der Waals surface area contributed by atoms with E-state index in [4.69, 9.17) is 5.26 Å². The first-order valence-corrected chi connectivity index (χ1v) is 5.73. The van der Waals surface area contributed by atoms with E-state index in [1.165, 1.54) is 0 Å². The highest BCUT2D eigenvalue weighted by Crippen LogP contribution is 2.13. The Hall–Kier alpha value is -1.34. The van der Waals surface area contributed by atoms with Gasteiger partial charge in [-0.25, -0.2) is 0 Å². The summed E-state index contributed by atoms with van der Waals surface area (Å²) in [5, 5.41) is 8.66. The molecular formula is C12H13BrN2O. The molecule has 0 fully saturated rings.